The summed E-state index contributed by atoms with van der Waals surface area (Å²) in [6.45, 7) is 8.69. The lowest BCUT2D eigenvalue weighted by molar-refractivity contribution is -0.0833. The van der Waals surface area contributed by atoms with Crippen molar-refractivity contribution in [2.75, 3.05) is 26.2 Å². The number of nitrogens with zero attached hydrogens (tertiary/aromatic N) is 2. The first-order chi connectivity index (χ1) is 6.75. The van der Waals surface area contributed by atoms with Crippen molar-refractivity contribution in [3.05, 3.63) is 0 Å². The summed E-state index contributed by atoms with van der Waals surface area (Å²) in [7, 11) is 0. The minimum Gasteiger partial charge on any atom is -0.373 e. The average molecular weight is 197 g/mol. The molecule has 0 aromatic rings. The average Bonchev–Trinajstić information content (AvgIpc) is 2.18. The minimum atomic E-state index is 0.401. The van der Waals surface area contributed by atoms with Gasteiger partial charge in [0.2, 0.25) is 0 Å². The maximum atomic E-state index is 5.74. The third kappa shape index (κ3) is 2.47. The predicted octanol–water partition coefficient (Wildman–Crippen LogP) is 0.862. The highest BCUT2D eigenvalue weighted by Gasteiger charge is 2.28. The molecule has 2 heterocycles. The lowest BCUT2D eigenvalue weighted by Crippen LogP contribution is -2.52. The molecule has 1 radical (unpaired) electrons. The molecule has 2 aliphatic heterocycles. The van der Waals surface area contributed by atoms with Crippen molar-refractivity contribution in [2.45, 2.75) is 44.9 Å². The summed E-state index contributed by atoms with van der Waals surface area (Å²) in [5.74, 6) is 0. The van der Waals surface area contributed by atoms with Crippen molar-refractivity contribution in [3.63, 3.8) is 0 Å². The summed E-state index contributed by atoms with van der Waals surface area (Å²) in [4.78, 5) is 2.60. The number of morpholine rings is 1. The van der Waals surface area contributed by atoms with Crippen LogP contribution in [0.4, 0.5) is 0 Å². The molecule has 0 spiro atoms. The van der Waals surface area contributed by atoms with Gasteiger partial charge in [0.25, 0.3) is 0 Å². The molecule has 3 heteroatoms. The fourth-order valence-electron chi connectivity index (χ4n) is 2.62. The second-order valence-corrected chi connectivity index (χ2v) is 4.61. The van der Waals surface area contributed by atoms with Crippen molar-refractivity contribution >= 4 is 0 Å². The van der Waals surface area contributed by atoms with Crippen molar-refractivity contribution in [1.29, 1.82) is 0 Å². The van der Waals surface area contributed by atoms with E-state index in [1.54, 1.807) is 0 Å². The highest BCUT2D eigenvalue weighted by Crippen LogP contribution is 2.18. The summed E-state index contributed by atoms with van der Waals surface area (Å²) >= 11 is 0. The molecule has 0 aromatic heterocycles. The van der Waals surface area contributed by atoms with Crippen molar-refractivity contribution in [1.82, 2.24) is 10.2 Å². The lowest BCUT2D eigenvalue weighted by atomic mass is 10.0. The number of rotatable bonds is 1. The Kier molecular flexibility index (Phi) is 3.42. The van der Waals surface area contributed by atoms with Crippen LogP contribution in [-0.2, 0) is 4.74 Å². The van der Waals surface area contributed by atoms with Crippen LogP contribution in [-0.4, -0.2) is 49.3 Å². The highest BCUT2D eigenvalue weighted by atomic mass is 16.5. The fraction of sp³-hybridized carbons (Fsp3) is 1.00. The first kappa shape index (κ1) is 10.4. The van der Waals surface area contributed by atoms with Gasteiger partial charge in [-0.15, -0.1) is 0 Å². The zero-order valence-electron chi connectivity index (χ0n) is 9.28. The van der Waals surface area contributed by atoms with E-state index < -0.39 is 0 Å². The first-order valence-electron chi connectivity index (χ1n) is 5.78. The third-order valence-corrected chi connectivity index (χ3v) is 3.21. The minimum absolute atomic E-state index is 0.401. The van der Waals surface area contributed by atoms with E-state index in [-0.39, 0.29) is 0 Å². The zero-order valence-corrected chi connectivity index (χ0v) is 9.28. The smallest absolute Gasteiger partial charge is 0.0678 e. The number of hydrogen-bond acceptors (Lipinski definition) is 2. The maximum absolute atomic E-state index is 5.74. The topological polar surface area (TPSA) is 26.6 Å². The van der Waals surface area contributed by atoms with Gasteiger partial charge >= 0.3 is 0 Å². The third-order valence-electron chi connectivity index (χ3n) is 3.21. The van der Waals surface area contributed by atoms with Crippen LogP contribution in [0.15, 0.2) is 0 Å². The van der Waals surface area contributed by atoms with Gasteiger partial charge in [-0.25, -0.2) is 5.32 Å². The molecule has 0 aliphatic carbocycles. The maximum Gasteiger partial charge on any atom is 0.0678 e. The number of hydrogen-bond donors (Lipinski definition) is 0. The summed E-state index contributed by atoms with van der Waals surface area (Å²) in [5, 5.41) is 4.40. The van der Waals surface area contributed by atoms with E-state index in [1.165, 1.54) is 12.8 Å². The molecule has 0 N–H and O–H groups in total. The second kappa shape index (κ2) is 4.60. The van der Waals surface area contributed by atoms with Crippen LogP contribution in [0.25, 0.3) is 0 Å². The molecular formula is C11H21N2O. The van der Waals surface area contributed by atoms with Crippen molar-refractivity contribution in [2.24, 2.45) is 0 Å². The van der Waals surface area contributed by atoms with E-state index in [1.807, 2.05) is 0 Å². The summed E-state index contributed by atoms with van der Waals surface area (Å²) in [5.41, 5.74) is 0. The zero-order chi connectivity index (χ0) is 9.97. The summed E-state index contributed by atoms with van der Waals surface area (Å²) in [6, 6.07) is 0.765. The van der Waals surface area contributed by atoms with Crippen LogP contribution in [0, 0.1) is 0 Å². The molecule has 0 amide bonds. The van der Waals surface area contributed by atoms with Crippen LogP contribution in [0.5, 0.6) is 0 Å². The SMILES string of the molecule is CC1CN(C2CC[N]CC2)CC(C)O1. The Morgan fingerprint density at radius 1 is 1.07 bits per heavy atom. The van der Waals surface area contributed by atoms with Gasteiger partial charge < -0.3 is 4.74 Å². The molecule has 3 nitrogen and oxygen atoms in total. The van der Waals surface area contributed by atoms with Crippen molar-refractivity contribution < 1.29 is 4.74 Å². The molecule has 0 aromatic carbocycles. The molecule has 2 fully saturated rings. The van der Waals surface area contributed by atoms with Gasteiger partial charge in [0.1, 0.15) is 0 Å². The predicted molar refractivity (Wildman–Crippen MR) is 56.5 cm³/mol. The van der Waals surface area contributed by atoms with E-state index in [9.17, 15) is 0 Å². The Balaban J connectivity index is 1.88. The standard InChI is InChI=1S/C11H21N2O/c1-9-7-13(8-10(2)14-9)11-3-5-12-6-4-11/h9-11H,3-8H2,1-2H3. The van der Waals surface area contributed by atoms with Crippen LogP contribution in [0.2, 0.25) is 0 Å². The van der Waals surface area contributed by atoms with E-state index in [0.717, 1.165) is 32.2 Å². The Bertz CT molecular complexity index is 170. The lowest BCUT2D eigenvalue weighted by Gasteiger charge is -2.41. The molecule has 0 saturated carbocycles. The molecule has 2 unspecified atom stereocenters. The monoisotopic (exact) mass is 197 g/mol. The number of piperidine rings is 1. The summed E-state index contributed by atoms with van der Waals surface area (Å²) in [6.07, 6.45) is 3.30. The van der Waals surface area contributed by atoms with Gasteiger partial charge in [-0.2, -0.15) is 0 Å². The molecule has 14 heavy (non-hydrogen) atoms. The van der Waals surface area contributed by atoms with E-state index in [4.69, 9.17) is 4.74 Å². The van der Waals surface area contributed by atoms with E-state index >= 15 is 0 Å². The normalized spacial score (nSPS) is 37.3. The molecule has 0 bridgehead atoms. The van der Waals surface area contributed by atoms with Gasteiger partial charge in [-0.1, -0.05) is 0 Å². The Morgan fingerprint density at radius 3 is 2.21 bits per heavy atom. The van der Waals surface area contributed by atoms with Crippen molar-refractivity contribution in [3.8, 4) is 0 Å². The van der Waals surface area contributed by atoms with Gasteiger partial charge in [-0.05, 0) is 26.7 Å². The van der Waals surface area contributed by atoms with Crippen LogP contribution in [0.1, 0.15) is 26.7 Å². The Labute approximate surface area is 86.8 Å². The summed E-state index contributed by atoms with van der Waals surface area (Å²) < 4.78 is 5.74. The second-order valence-electron chi connectivity index (χ2n) is 4.61. The molecule has 2 atom stereocenters. The fourth-order valence-corrected chi connectivity index (χ4v) is 2.62. The molecule has 2 saturated heterocycles. The molecular weight excluding hydrogens is 176 g/mol. The quantitative estimate of drug-likeness (QED) is 0.623. The molecule has 81 valence electrons. The molecule has 2 rings (SSSR count). The highest BCUT2D eigenvalue weighted by molar-refractivity contribution is 4.82. The van der Waals surface area contributed by atoms with E-state index in [2.05, 4.69) is 24.1 Å². The largest absolute Gasteiger partial charge is 0.373 e. The molecule has 2 aliphatic rings. The van der Waals surface area contributed by atoms with Gasteiger partial charge in [0.05, 0.1) is 12.2 Å². The Morgan fingerprint density at radius 2 is 1.64 bits per heavy atom. The van der Waals surface area contributed by atoms with Crippen LogP contribution >= 0.6 is 0 Å². The van der Waals surface area contributed by atoms with Crippen LogP contribution < -0.4 is 5.32 Å². The van der Waals surface area contributed by atoms with E-state index in [0.29, 0.717) is 12.2 Å². The number of ether oxygens (including phenoxy) is 1. The van der Waals surface area contributed by atoms with Gasteiger partial charge in [-0.3, -0.25) is 4.90 Å². The van der Waals surface area contributed by atoms with Gasteiger partial charge in [0.15, 0.2) is 0 Å². The van der Waals surface area contributed by atoms with Crippen LogP contribution in [0.3, 0.4) is 0 Å². The van der Waals surface area contributed by atoms with Gasteiger partial charge in [0, 0.05) is 32.2 Å². The first-order valence-corrected chi connectivity index (χ1v) is 5.78. The Hall–Kier alpha value is -0.120.